The topological polar surface area (TPSA) is 69.6 Å². The van der Waals surface area contributed by atoms with Gasteiger partial charge in [0.25, 0.3) is 0 Å². The van der Waals surface area contributed by atoms with Gasteiger partial charge in [-0.15, -0.1) is 0 Å². The van der Waals surface area contributed by atoms with E-state index < -0.39 is 5.97 Å². The highest BCUT2D eigenvalue weighted by molar-refractivity contribution is 8.00. The molecule has 0 aromatic rings. The number of carboxylic acid groups (broad SMARTS) is 1. The number of carboxylic acids is 1. The van der Waals surface area contributed by atoms with Crippen molar-refractivity contribution in [3.63, 3.8) is 0 Å². The van der Waals surface area contributed by atoms with Crippen LogP contribution in [0.4, 0.5) is 4.79 Å². The van der Waals surface area contributed by atoms with Crippen molar-refractivity contribution in [2.75, 3.05) is 25.4 Å². The lowest BCUT2D eigenvalue weighted by Gasteiger charge is -2.26. The first-order valence-electron chi connectivity index (χ1n) is 6.87. The van der Waals surface area contributed by atoms with Gasteiger partial charge >= 0.3 is 12.0 Å². The number of hydrogen-bond donors (Lipinski definition) is 2. The third kappa shape index (κ3) is 4.60. The van der Waals surface area contributed by atoms with Crippen molar-refractivity contribution in [1.82, 2.24) is 10.2 Å². The summed E-state index contributed by atoms with van der Waals surface area (Å²) in [6, 6.07) is -0.233. The van der Waals surface area contributed by atoms with Crippen LogP contribution in [0.3, 0.4) is 0 Å². The zero-order chi connectivity index (χ0) is 13.9. The minimum atomic E-state index is -0.947. The summed E-state index contributed by atoms with van der Waals surface area (Å²) in [7, 11) is 0. The highest BCUT2D eigenvalue weighted by Gasteiger charge is 2.32. The Balaban J connectivity index is 1.81. The van der Waals surface area contributed by atoms with Crippen molar-refractivity contribution < 1.29 is 14.7 Å². The maximum absolute atomic E-state index is 12.1. The second-order valence-corrected chi connectivity index (χ2v) is 7.46. The summed E-state index contributed by atoms with van der Waals surface area (Å²) < 4.78 is 0.115. The van der Waals surface area contributed by atoms with Crippen LogP contribution < -0.4 is 5.32 Å². The van der Waals surface area contributed by atoms with Crippen molar-refractivity contribution in [1.29, 1.82) is 0 Å². The van der Waals surface area contributed by atoms with Crippen LogP contribution in [-0.4, -0.2) is 52.1 Å². The Morgan fingerprint density at radius 2 is 2.21 bits per heavy atom. The Morgan fingerprint density at radius 1 is 1.47 bits per heavy atom. The number of amides is 2. The molecule has 0 aromatic carbocycles. The molecular weight excluding hydrogens is 264 g/mol. The molecule has 1 heterocycles. The molecule has 2 N–H and O–H groups in total. The summed E-state index contributed by atoms with van der Waals surface area (Å²) in [6.07, 6.45) is 4.52. The normalized spacial score (nSPS) is 26.2. The van der Waals surface area contributed by atoms with Gasteiger partial charge in [0.15, 0.2) is 0 Å². The number of aliphatic carboxylic acids is 1. The molecule has 5 nitrogen and oxygen atoms in total. The molecule has 0 spiro atoms. The first-order valence-corrected chi connectivity index (χ1v) is 7.86. The number of carbonyl (C=O) groups is 2. The van der Waals surface area contributed by atoms with E-state index >= 15 is 0 Å². The third-order valence-electron chi connectivity index (χ3n) is 3.70. The van der Waals surface area contributed by atoms with Gasteiger partial charge in [-0.1, -0.05) is 0 Å². The Hall–Kier alpha value is -0.910. The zero-order valence-corrected chi connectivity index (χ0v) is 12.2. The lowest BCUT2D eigenvalue weighted by atomic mass is 10.1. The van der Waals surface area contributed by atoms with Gasteiger partial charge in [-0.05, 0) is 44.3 Å². The van der Waals surface area contributed by atoms with Crippen LogP contribution in [0, 0.1) is 5.92 Å². The fourth-order valence-corrected chi connectivity index (χ4v) is 3.59. The minimum absolute atomic E-state index is 0.115. The molecule has 1 saturated heterocycles. The van der Waals surface area contributed by atoms with Crippen LogP contribution in [-0.2, 0) is 4.79 Å². The largest absolute Gasteiger partial charge is 0.480 e. The van der Waals surface area contributed by atoms with Crippen molar-refractivity contribution in [2.24, 2.45) is 5.92 Å². The molecule has 2 rings (SSSR count). The molecule has 1 unspecified atom stereocenters. The van der Waals surface area contributed by atoms with E-state index in [9.17, 15) is 9.59 Å². The lowest BCUT2D eigenvalue weighted by Crippen LogP contribution is -2.47. The first kappa shape index (κ1) is 14.5. The quantitative estimate of drug-likeness (QED) is 0.781. The average molecular weight is 286 g/mol. The van der Waals surface area contributed by atoms with Gasteiger partial charge in [0.1, 0.15) is 6.54 Å². The van der Waals surface area contributed by atoms with Crippen LogP contribution in [0.5, 0.6) is 0 Å². The molecule has 2 aliphatic rings. The van der Waals surface area contributed by atoms with Crippen molar-refractivity contribution in [2.45, 2.75) is 37.4 Å². The number of hydrogen-bond acceptors (Lipinski definition) is 3. The van der Waals surface area contributed by atoms with Gasteiger partial charge in [-0.2, -0.15) is 11.8 Å². The summed E-state index contributed by atoms with van der Waals surface area (Å²) in [4.78, 5) is 24.3. The Kier molecular flexibility index (Phi) is 4.60. The van der Waals surface area contributed by atoms with Crippen LogP contribution in [0.15, 0.2) is 0 Å². The molecular formula is C13H22N2O3S. The summed E-state index contributed by atoms with van der Waals surface area (Å²) in [6.45, 7) is 3.15. The lowest BCUT2D eigenvalue weighted by molar-refractivity contribution is -0.137. The molecule has 108 valence electrons. The van der Waals surface area contributed by atoms with Crippen molar-refractivity contribution in [3.05, 3.63) is 0 Å². The van der Waals surface area contributed by atoms with E-state index in [4.69, 9.17) is 5.11 Å². The molecule has 0 aromatic heterocycles. The molecule has 2 amide bonds. The number of carbonyl (C=O) groups excluding carboxylic acids is 1. The fraction of sp³-hybridized carbons (Fsp3) is 0.846. The van der Waals surface area contributed by atoms with Crippen LogP contribution in [0.1, 0.15) is 32.6 Å². The molecule has 1 aliphatic carbocycles. The molecule has 1 saturated carbocycles. The molecule has 0 radical (unpaired) electrons. The van der Waals surface area contributed by atoms with Crippen molar-refractivity contribution in [3.8, 4) is 0 Å². The van der Waals surface area contributed by atoms with Crippen LogP contribution >= 0.6 is 11.8 Å². The predicted octanol–water partition coefficient (Wildman–Crippen LogP) is 1.78. The van der Waals surface area contributed by atoms with Gasteiger partial charge in [-0.25, -0.2) is 4.79 Å². The number of nitrogens with zero attached hydrogens (tertiary/aromatic N) is 1. The molecule has 1 atom stereocenters. The van der Waals surface area contributed by atoms with Gasteiger partial charge in [0.05, 0.1) is 0 Å². The second kappa shape index (κ2) is 6.03. The Labute approximate surface area is 118 Å². The predicted molar refractivity (Wildman–Crippen MR) is 75.4 cm³/mol. The molecule has 19 heavy (non-hydrogen) atoms. The molecule has 1 aliphatic heterocycles. The average Bonchev–Trinajstić information content (AvgIpc) is 3.05. The van der Waals surface area contributed by atoms with E-state index in [-0.39, 0.29) is 17.3 Å². The van der Waals surface area contributed by atoms with Crippen molar-refractivity contribution >= 4 is 23.8 Å². The monoisotopic (exact) mass is 286 g/mol. The first-order chi connectivity index (χ1) is 8.98. The van der Waals surface area contributed by atoms with E-state index in [2.05, 4.69) is 12.2 Å². The van der Waals surface area contributed by atoms with E-state index in [0.29, 0.717) is 19.0 Å². The van der Waals surface area contributed by atoms with Gasteiger partial charge in [0.2, 0.25) is 0 Å². The smallest absolute Gasteiger partial charge is 0.323 e. The highest BCUT2D eigenvalue weighted by Crippen LogP contribution is 2.37. The summed E-state index contributed by atoms with van der Waals surface area (Å²) in [5.41, 5.74) is 0. The number of thioether (sulfide) groups is 1. The minimum Gasteiger partial charge on any atom is -0.480 e. The summed E-state index contributed by atoms with van der Waals surface area (Å²) in [5, 5.41) is 11.8. The van der Waals surface area contributed by atoms with E-state index in [1.54, 1.807) is 0 Å². The number of nitrogens with one attached hydrogen (secondary N) is 1. The second-order valence-electron chi connectivity index (χ2n) is 5.78. The summed E-state index contributed by atoms with van der Waals surface area (Å²) in [5.74, 6) is 0.701. The standard InChI is InChI=1S/C13H22N2O3S/c1-13(5-2-6-19-13)9-14-12(18)15(8-11(16)17)7-10-3-4-10/h10H,2-9H2,1H3,(H,14,18)(H,16,17). The fourth-order valence-electron chi connectivity index (χ4n) is 2.35. The van der Waals surface area contributed by atoms with E-state index in [1.807, 2.05) is 11.8 Å². The van der Waals surface area contributed by atoms with Crippen LogP contribution in [0.25, 0.3) is 0 Å². The van der Waals surface area contributed by atoms with Crippen LogP contribution in [0.2, 0.25) is 0 Å². The van der Waals surface area contributed by atoms with Gasteiger partial charge < -0.3 is 15.3 Å². The number of rotatable bonds is 6. The zero-order valence-electron chi connectivity index (χ0n) is 11.4. The summed E-state index contributed by atoms with van der Waals surface area (Å²) >= 11 is 1.89. The highest BCUT2D eigenvalue weighted by atomic mass is 32.2. The Morgan fingerprint density at radius 3 is 2.74 bits per heavy atom. The molecule has 2 fully saturated rings. The number of urea groups is 1. The molecule has 6 heteroatoms. The van der Waals surface area contributed by atoms with E-state index in [1.165, 1.54) is 11.3 Å². The van der Waals surface area contributed by atoms with Gasteiger partial charge in [0, 0.05) is 17.8 Å². The van der Waals surface area contributed by atoms with E-state index in [0.717, 1.165) is 25.0 Å². The maximum atomic E-state index is 12.1. The Bertz CT molecular complexity index is 352. The van der Waals surface area contributed by atoms with Gasteiger partial charge in [-0.3, -0.25) is 4.79 Å². The maximum Gasteiger partial charge on any atom is 0.323 e. The SMILES string of the molecule is CC1(CNC(=O)N(CC(=O)O)CC2CC2)CCCS1. The third-order valence-corrected chi connectivity index (χ3v) is 5.24. The molecule has 0 bridgehead atoms.